The fourth-order valence-corrected chi connectivity index (χ4v) is 2.72. The zero-order valence-corrected chi connectivity index (χ0v) is 11.1. The molecule has 1 aromatic heterocycles. The van der Waals surface area contributed by atoms with Crippen LogP contribution in [0.2, 0.25) is 0 Å². The summed E-state index contributed by atoms with van der Waals surface area (Å²) in [5, 5.41) is 12.7. The summed E-state index contributed by atoms with van der Waals surface area (Å²) in [6.45, 7) is 4.31. The highest BCUT2D eigenvalue weighted by Crippen LogP contribution is 2.22. The first-order chi connectivity index (χ1) is 7.34. The number of thioether (sulfide) groups is 1. The predicted molar refractivity (Wildman–Crippen MR) is 70.3 cm³/mol. The molecule has 0 unspecified atom stereocenters. The molecule has 0 radical (unpaired) electrons. The standard InChI is InChI=1S/C11H17N3S.ClH/c1-9-2-3-11(14-13-9)15-8-10-4-6-12-7-5-10;/h2-3,10,12H,4-8H2,1H3;1H. The molecule has 0 saturated carbocycles. The molecule has 2 rings (SSSR count). The molecule has 0 atom stereocenters. The van der Waals surface area contributed by atoms with Crippen molar-refractivity contribution < 1.29 is 0 Å². The molecule has 5 heteroatoms. The van der Waals surface area contributed by atoms with Crippen molar-refractivity contribution >= 4 is 24.2 Å². The quantitative estimate of drug-likeness (QED) is 0.846. The van der Waals surface area contributed by atoms with Gasteiger partial charge in [-0.25, -0.2) is 0 Å². The Balaban J connectivity index is 0.00000128. The van der Waals surface area contributed by atoms with E-state index in [0.29, 0.717) is 0 Å². The number of halogens is 1. The minimum absolute atomic E-state index is 0. The Labute approximate surface area is 107 Å². The van der Waals surface area contributed by atoms with Crippen molar-refractivity contribution in [1.29, 1.82) is 0 Å². The van der Waals surface area contributed by atoms with Gasteiger partial charge in [0.25, 0.3) is 0 Å². The second-order valence-electron chi connectivity index (χ2n) is 4.02. The molecule has 3 nitrogen and oxygen atoms in total. The van der Waals surface area contributed by atoms with Crippen LogP contribution in [0.5, 0.6) is 0 Å². The van der Waals surface area contributed by atoms with E-state index in [4.69, 9.17) is 0 Å². The molecule has 0 aromatic carbocycles. The maximum absolute atomic E-state index is 4.16. The molecule has 1 saturated heterocycles. The highest BCUT2D eigenvalue weighted by atomic mass is 35.5. The molecule has 90 valence electrons. The summed E-state index contributed by atoms with van der Waals surface area (Å²) in [6.07, 6.45) is 2.60. The fourth-order valence-electron chi connectivity index (χ4n) is 1.72. The SMILES string of the molecule is Cc1ccc(SCC2CCNCC2)nn1.Cl. The minimum Gasteiger partial charge on any atom is -0.317 e. The van der Waals surface area contributed by atoms with Crippen LogP contribution in [0.3, 0.4) is 0 Å². The van der Waals surface area contributed by atoms with Gasteiger partial charge in [0.05, 0.1) is 5.69 Å². The molecule has 1 N–H and O–H groups in total. The lowest BCUT2D eigenvalue weighted by Crippen LogP contribution is -2.28. The van der Waals surface area contributed by atoms with Crippen LogP contribution in [0.25, 0.3) is 0 Å². The number of hydrogen-bond donors (Lipinski definition) is 1. The van der Waals surface area contributed by atoms with Crippen LogP contribution < -0.4 is 5.32 Å². The second kappa shape index (κ2) is 7.09. The van der Waals surface area contributed by atoms with E-state index in [1.54, 1.807) is 0 Å². The minimum atomic E-state index is 0. The number of nitrogens with zero attached hydrogens (tertiary/aromatic N) is 2. The van der Waals surface area contributed by atoms with Gasteiger partial charge in [-0.15, -0.1) is 29.3 Å². The van der Waals surface area contributed by atoms with E-state index < -0.39 is 0 Å². The third kappa shape index (κ3) is 4.28. The average Bonchev–Trinajstić information content (AvgIpc) is 2.30. The Morgan fingerprint density at radius 2 is 2.06 bits per heavy atom. The van der Waals surface area contributed by atoms with E-state index in [1.165, 1.54) is 31.7 Å². The Hall–Kier alpha value is -0.320. The smallest absolute Gasteiger partial charge is 0.119 e. The zero-order valence-electron chi connectivity index (χ0n) is 9.48. The first-order valence-electron chi connectivity index (χ1n) is 5.48. The van der Waals surface area contributed by atoms with Crippen molar-refractivity contribution in [1.82, 2.24) is 15.5 Å². The summed E-state index contributed by atoms with van der Waals surface area (Å²) in [5.74, 6) is 2.03. The molecule has 0 bridgehead atoms. The summed E-state index contributed by atoms with van der Waals surface area (Å²) < 4.78 is 0. The third-order valence-electron chi connectivity index (χ3n) is 2.70. The van der Waals surface area contributed by atoms with Crippen LogP contribution >= 0.6 is 24.2 Å². The van der Waals surface area contributed by atoms with E-state index >= 15 is 0 Å². The second-order valence-corrected chi connectivity index (χ2v) is 5.06. The molecule has 1 fully saturated rings. The molecule has 2 heterocycles. The van der Waals surface area contributed by atoms with Gasteiger partial charge in [0.15, 0.2) is 0 Å². The van der Waals surface area contributed by atoms with E-state index in [2.05, 4.69) is 21.6 Å². The van der Waals surface area contributed by atoms with Crippen molar-refractivity contribution in [2.75, 3.05) is 18.8 Å². The maximum Gasteiger partial charge on any atom is 0.119 e. The predicted octanol–water partition coefficient (Wildman–Crippen LogP) is 2.30. The van der Waals surface area contributed by atoms with Crippen LogP contribution in [-0.2, 0) is 0 Å². The van der Waals surface area contributed by atoms with Gasteiger partial charge in [-0.1, -0.05) is 0 Å². The fraction of sp³-hybridized carbons (Fsp3) is 0.636. The number of nitrogens with one attached hydrogen (secondary N) is 1. The molecular weight excluding hydrogens is 242 g/mol. The van der Waals surface area contributed by atoms with Crippen LogP contribution in [0, 0.1) is 12.8 Å². The number of aryl methyl sites for hydroxylation is 1. The lowest BCUT2D eigenvalue weighted by molar-refractivity contribution is 0.408. The maximum atomic E-state index is 4.16. The van der Waals surface area contributed by atoms with Crippen molar-refractivity contribution in [2.45, 2.75) is 24.8 Å². The average molecular weight is 260 g/mol. The number of aromatic nitrogens is 2. The highest BCUT2D eigenvalue weighted by molar-refractivity contribution is 7.99. The molecule has 0 aliphatic carbocycles. The zero-order chi connectivity index (χ0) is 10.5. The van der Waals surface area contributed by atoms with E-state index in [-0.39, 0.29) is 12.4 Å². The molecule has 1 aromatic rings. The van der Waals surface area contributed by atoms with Crippen molar-refractivity contribution in [3.63, 3.8) is 0 Å². The van der Waals surface area contributed by atoms with Gasteiger partial charge in [0.1, 0.15) is 5.03 Å². The van der Waals surface area contributed by atoms with Crippen molar-refractivity contribution in [3.8, 4) is 0 Å². The number of rotatable bonds is 3. The Morgan fingerprint density at radius 3 is 2.69 bits per heavy atom. The third-order valence-corrected chi connectivity index (χ3v) is 3.85. The van der Waals surface area contributed by atoms with Gasteiger partial charge in [0, 0.05) is 5.75 Å². The normalized spacial score (nSPS) is 16.8. The van der Waals surface area contributed by atoms with Gasteiger partial charge in [0.2, 0.25) is 0 Å². The first kappa shape index (κ1) is 13.7. The molecule has 0 spiro atoms. The number of piperidine rings is 1. The first-order valence-corrected chi connectivity index (χ1v) is 6.47. The van der Waals surface area contributed by atoms with Crippen molar-refractivity contribution in [3.05, 3.63) is 17.8 Å². The van der Waals surface area contributed by atoms with Gasteiger partial charge >= 0.3 is 0 Å². The largest absolute Gasteiger partial charge is 0.317 e. The Bertz CT molecular complexity index is 299. The van der Waals surface area contributed by atoms with Crippen LogP contribution in [0.4, 0.5) is 0 Å². The van der Waals surface area contributed by atoms with Crippen LogP contribution in [0.15, 0.2) is 17.2 Å². The Kier molecular flexibility index (Phi) is 6.09. The summed E-state index contributed by atoms with van der Waals surface area (Å²) in [6, 6.07) is 4.09. The molecule has 1 aliphatic rings. The summed E-state index contributed by atoms with van der Waals surface area (Å²) >= 11 is 1.83. The molecule has 0 amide bonds. The van der Waals surface area contributed by atoms with E-state index in [1.807, 2.05) is 24.8 Å². The summed E-state index contributed by atoms with van der Waals surface area (Å²) in [5.41, 5.74) is 0.987. The summed E-state index contributed by atoms with van der Waals surface area (Å²) in [4.78, 5) is 0. The van der Waals surface area contributed by atoms with Gasteiger partial charge in [-0.2, -0.15) is 5.10 Å². The molecule has 16 heavy (non-hydrogen) atoms. The summed E-state index contributed by atoms with van der Waals surface area (Å²) in [7, 11) is 0. The lowest BCUT2D eigenvalue weighted by atomic mass is 10.0. The van der Waals surface area contributed by atoms with Gasteiger partial charge in [-0.05, 0) is 50.9 Å². The number of hydrogen-bond acceptors (Lipinski definition) is 4. The van der Waals surface area contributed by atoms with Crippen LogP contribution in [-0.4, -0.2) is 29.0 Å². The van der Waals surface area contributed by atoms with Crippen molar-refractivity contribution in [2.24, 2.45) is 5.92 Å². The monoisotopic (exact) mass is 259 g/mol. The lowest BCUT2D eigenvalue weighted by Gasteiger charge is -2.21. The van der Waals surface area contributed by atoms with Gasteiger partial charge in [-0.3, -0.25) is 0 Å². The van der Waals surface area contributed by atoms with E-state index in [9.17, 15) is 0 Å². The van der Waals surface area contributed by atoms with Gasteiger partial charge < -0.3 is 5.32 Å². The highest BCUT2D eigenvalue weighted by Gasteiger charge is 2.13. The molecular formula is C11H18ClN3S. The van der Waals surface area contributed by atoms with E-state index in [0.717, 1.165) is 16.6 Å². The Morgan fingerprint density at radius 1 is 1.31 bits per heavy atom. The van der Waals surface area contributed by atoms with Crippen LogP contribution in [0.1, 0.15) is 18.5 Å². The topological polar surface area (TPSA) is 37.8 Å². The molecule has 1 aliphatic heterocycles.